The second-order valence-electron chi connectivity index (χ2n) is 13.0. The van der Waals surface area contributed by atoms with E-state index in [-0.39, 0.29) is 28.8 Å². The Labute approximate surface area is 188 Å². The first-order chi connectivity index (χ1) is 14.5. The van der Waals surface area contributed by atoms with Crippen LogP contribution in [0.15, 0.2) is 0 Å². The monoisotopic (exact) mass is 432 g/mol. The molecule has 1 unspecified atom stereocenters. The van der Waals surface area contributed by atoms with Crippen molar-refractivity contribution in [1.82, 2.24) is 0 Å². The third-order valence-corrected chi connectivity index (χ3v) is 12.3. The van der Waals surface area contributed by atoms with Crippen LogP contribution in [0, 0.1) is 51.8 Å². The molecule has 6 rings (SSSR count). The Bertz CT molecular complexity index is 752. The lowest BCUT2D eigenvalue weighted by Crippen LogP contribution is -2.81. The molecule has 3 N–H and O–H groups in total. The highest BCUT2D eigenvalue weighted by molar-refractivity contribution is 5.66. The molecule has 6 saturated carbocycles. The summed E-state index contributed by atoms with van der Waals surface area (Å²) in [7, 11) is 0. The average Bonchev–Trinajstić information content (AvgIpc) is 3.03. The molecule has 1 spiro atoms. The molecule has 0 aromatic rings. The number of aliphatic hydroxyl groups excluding tert-OH is 1. The molecule has 0 heterocycles. The minimum absolute atomic E-state index is 0.192. The normalized spacial score (nSPS) is 56.1. The predicted octanol–water partition coefficient (Wildman–Crippen LogP) is 5.26. The highest BCUT2D eigenvalue weighted by Crippen LogP contribution is 2.84. The van der Waals surface area contributed by atoms with Crippen molar-refractivity contribution in [2.75, 3.05) is 0 Å². The van der Waals surface area contributed by atoms with Crippen LogP contribution in [0.2, 0.25) is 0 Å². The van der Waals surface area contributed by atoms with Crippen molar-refractivity contribution >= 4 is 5.97 Å². The molecule has 176 valence electrons. The number of hydrogen-bond donors (Lipinski definition) is 3. The first-order valence-electron chi connectivity index (χ1n) is 13.2. The number of carboxylic acid groups (broad SMARTS) is 1. The zero-order valence-corrected chi connectivity index (χ0v) is 20.1. The van der Waals surface area contributed by atoms with E-state index < -0.39 is 11.6 Å². The standard InChI is InChI=1S/C27H44O4/c1-5-18-21-14-17(28)10-11-25(21,4)26-13-12-24(3)19(16(2)6-9-22(29)30)7-8-20(24)23(26)27(18,31)15-26/h16-21,23,28,31H,5-15H2,1-4H3,(H,29,30)/t16?,17-,18-,19-,20+,21+,23+,24-,25+,26-,27+/m1/s1. The Morgan fingerprint density at radius 1 is 1.10 bits per heavy atom. The lowest BCUT2D eigenvalue weighted by atomic mass is 9.24. The van der Waals surface area contributed by atoms with Crippen molar-refractivity contribution < 1.29 is 20.1 Å². The second kappa shape index (κ2) is 6.95. The van der Waals surface area contributed by atoms with E-state index in [1.165, 1.54) is 25.7 Å². The summed E-state index contributed by atoms with van der Waals surface area (Å²) in [6, 6.07) is 0. The predicted molar refractivity (Wildman–Crippen MR) is 120 cm³/mol. The molecule has 4 heteroatoms. The van der Waals surface area contributed by atoms with Crippen molar-refractivity contribution in [3.05, 3.63) is 0 Å². The molecule has 2 bridgehead atoms. The average molecular weight is 433 g/mol. The van der Waals surface area contributed by atoms with Gasteiger partial charge in [-0.05, 0) is 110 Å². The van der Waals surface area contributed by atoms with Gasteiger partial charge in [-0.15, -0.1) is 0 Å². The van der Waals surface area contributed by atoms with Crippen LogP contribution >= 0.6 is 0 Å². The smallest absolute Gasteiger partial charge is 0.303 e. The largest absolute Gasteiger partial charge is 0.481 e. The van der Waals surface area contributed by atoms with Crippen molar-refractivity contribution in [3.8, 4) is 0 Å². The third-order valence-electron chi connectivity index (χ3n) is 12.3. The molecule has 0 aromatic carbocycles. The Morgan fingerprint density at radius 2 is 1.84 bits per heavy atom. The van der Waals surface area contributed by atoms with Gasteiger partial charge in [-0.2, -0.15) is 0 Å². The van der Waals surface area contributed by atoms with E-state index in [1.807, 2.05) is 0 Å². The van der Waals surface area contributed by atoms with Crippen molar-refractivity contribution in [3.63, 3.8) is 0 Å². The van der Waals surface area contributed by atoms with E-state index in [9.17, 15) is 20.1 Å². The molecular weight excluding hydrogens is 388 g/mol. The lowest BCUT2D eigenvalue weighted by molar-refractivity contribution is -0.380. The fraction of sp³-hybridized carbons (Fsp3) is 0.963. The first kappa shape index (κ1) is 22.2. The summed E-state index contributed by atoms with van der Waals surface area (Å²) < 4.78 is 0. The first-order valence-corrected chi connectivity index (χ1v) is 13.2. The van der Waals surface area contributed by atoms with E-state index in [0.717, 1.165) is 38.5 Å². The van der Waals surface area contributed by atoms with Crippen LogP contribution in [-0.4, -0.2) is 33.0 Å². The summed E-state index contributed by atoms with van der Waals surface area (Å²) in [6.45, 7) is 9.55. The molecule has 0 aromatic heterocycles. The van der Waals surface area contributed by atoms with Crippen molar-refractivity contribution in [2.45, 2.75) is 110 Å². The Balaban J connectivity index is 1.48. The summed E-state index contributed by atoms with van der Waals surface area (Å²) in [5.74, 6) is 2.06. The molecule has 6 fully saturated rings. The maximum absolute atomic E-state index is 12.2. The number of carboxylic acids is 1. The summed E-state index contributed by atoms with van der Waals surface area (Å²) >= 11 is 0. The van der Waals surface area contributed by atoms with Gasteiger partial charge in [-0.25, -0.2) is 0 Å². The quantitative estimate of drug-likeness (QED) is 0.554. The number of carbonyl (C=O) groups is 1. The molecule has 31 heavy (non-hydrogen) atoms. The molecule has 0 radical (unpaired) electrons. The molecule has 0 amide bonds. The van der Waals surface area contributed by atoms with Crippen LogP contribution < -0.4 is 0 Å². The van der Waals surface area contributed by atoms with Gasteiger partial charge < -0.3 is 15.3 Å². The highest BCUT2D eigenvalue weighted by Gasteiger charge is 2.82. The number of rotatable bonds is 5. The minimum atomic E-state index is -0.679. The van der Waals surface area contributed by atoms with Gasteiger partial charge in [0.1, 0.15) is 0 Å². The van der Waals surface area contributed by atoms with E-state index in [2.05, 4.69) is 27.7 Å². The van der Waals surface area contributed by atoms with Crippen molar-refractivity contribution in [2.24, 2.45) is 51.8 Å². The number of hydrogen-bond acceptors (Lipinski definition) is 3. The minimum Gasteiger partial charge on any atom is -0.481 e. The van der Waals surface area contributed by atoms with E-state index >= 15 is 0 Å². The van der Waals surface area contributed by atoms with Gasteiger partial charge in [0.15, 0.2) is 0 Å². The van der Waals surface area contributed by atoms with Gasteiger partial charge in [-0.3, -0.25) is 4.79 Å². The van der Waals surface area contributed by atoms with Gasteiger partial charge in [-0.1, -0.05) is 34.1 Å². The summed E-state index contributed by atoms with van der Waals surface area (Å²) in [5, 5.41) is 31.9. The lowest BCUT2D eigenvalue weighted by Gasteiger charge is -2.82. The Kier molecular flexibility index (Phi) is 4.97. The maximum atomic E-state index is 12.2. The fourth-order valence-corrected chi connectivity index (χ4v) is 11.0. The van der Waals surface area contributed by atoms with Gasteiger partial charge in [0.2, 0.25) is 0 Å². The van der Waals surface area contributed by atoms with Gasteiger partial charge in [0, 0.05) is 6.42 Å². The summed E-state index contributed by atoms with van der Waals surface area (Å²) in [6.07, 6.45) is 10.6. The SMILES string of the molecule is CC[C@@H]1[C@@H]2C[C@H](O)CC[C@]2(C)[C@@]23CC[C@]4(C)[C@@H](C(C)CCC(=O)O)CC[C@H]4[C@@H]2[C@]1(O)C3. The van der Waals surface area contributed by atoms with Crippen LogP contribution in [0.25, 0.3) is 0 Å². The van der Waals surface area contributed by atoms with E-state index in [0.29, 0.717) is 35.5 Å². The fourth-order valence-electron chi connectivity index (χ4n) is 11.0. The Morgan fingerprint density at radius 3 is 2.52 bits per heavy atom. The van der Waals surface area contributed by atoms with Gasteiger partial charge in [0.05, 0.1) is 11.7 Å². The number of aliphatic carboxylic acids is 1. The molecule has 6 aliphatic rings. The number of aliphatic hydroxyl groups is 2. The van der Waals surface area contributed by atoms with Crippen LogP contribution in [0.1, 0.15) is 98.3 Å². The van der Waals surface area contributed by atoms with Crippen LogP contribution in [-0.2, 0) is 4.79 Å². The maximum Gasteiger partial charge on any atom is 0.303 e. The third kappa shape index (κ3) is 2.64. The van der Waals surface area contributed by atoms with Gasteiger partial charge in [0.25, 0.3) is 0 Å². The zero-order chi connectivity index (χ0) is 22.4. The van der Waals surface area contributed by atoms with E-state index in [1.54, 1.807) is 0 Å². The van der Waals surface area contributed by atoms with Crippen LogP contribution in [0.4, 0.5) is 0 Å². The topological polar surface area (TPSA) is 77.8 Å². The van der Waals surface area contributed by atoms with Crippen molar-refractivity contribution in [1.29, 1.82) is 0 Å². The second-order valence-corrected chi connectivity index (χ2v) is 13.0. The zero-order valence-electron chi connectivity index (χ0n) is 20.1. The van der Waals surface area contributed by atoms with Crippen LogP contribution in [0.5, 0.6) is 0 Å². The van der Waals surface area contributed by atoms with E-state index in [4.69, 9.17) is 0 Å². The molecular formula is C27H44O4. The van der Waals surface area contributed by atoms with Crippen LogP contribution in [0.3, 0.4) is 0 Å². The molecule has 4 nitrogen and oxygen atoms in total. The number of fused-ring (bicyclic) bond motifs is 1. The highest BCUT2D eigenvalue weighted by atomic mass is 16.4. The molecule has 0 aliphatic heterocycles. The summed E-state index contributed by atoms with van der Waals surface area (Å²) in [4.78, 5) is 11.2. The Hall–Kier alpha value is -0.610. The molecule has 6 aliphatic carbocycles. The molecule has 11 atom stereocenters. The molecule has 0 saturated heterocycles. The summed E-state index contributed by atoms with van der Waals surface area (Å²) in [5.41, 5.74) is 0.176. The van der Waals surface area contributed by atoms with Gasteiger partial charge >= 0.3 is 5.97 Å².